The van der Waals surface area contributed by atoms with Crippen molar-refractivity contribution in [1.82, 2.24) is 10.2 Å². The largest absolute Gasteiger partial charge is 0.389 e. The number of nitrogens with zero attached hydrogens (tertiary/aromatic N) is 3. The van der Waals surface area contributed by atoms with Gasteiger partial charge in [0.05, 0.1) is 11.8 Å². The normalized spacial score (nSPS) is 10.1. The fourth-order valence-corrected chi connectivity index (χ4v) is 1.66. The van der Waals surface area contributed by atoms with Crippen molar-refractivity contribution in [2.45, 2.75) is 26.2 Å². The van der Waals surface area contributed by atoms with Gasteiger partial charge < -0.3 is 10.6 Å². The zero-order chi connectivity index (χ0) is 12.0. The fraction of sp³-hybridized carbons (Fsp3) is 0.545. The van der Waals surface area contributed by atoms with Gasteiger partial charge in [-0.15, -0.1) is 5.10 Å². The quantitative estimate of drug-likeness (QED) is 0.604. The number of thiocarbonyl (C=S) groups is 1. The highest BCUT2D eigenvalue weighted by atomic mass is 32.1. The van der Waals surface area contributed by atoms with Gasteiger partial charge in [0.15, 0.2) is 5.82 Å². The van der Waals surface area contributed by atoms with E-state index in [1.807, 2.05) is 7.05 Å². The van der Waals surface area contributed by atoms with Crippen LogP contribution in [0, 0.1) is 0 Å². The van der Waals surface area contributed by atoms with Crippen molar-refractivity contribution in [1.29, 1.82) is 0 Å². The monoisotopic (exact) mass is 238 g/mol. The zero-order valence-corrected chi connectivity index (χ0v) is 10.6. The maximum Gasteiger partial charge on any atom is 0.161 e. The highest BCUT2D eigenvalue weighted by Gasteiger charge is 2.10. The van der Waals surface area contributed by atoms with Crippen molar-refractivity contribution in [3.8, 4) is 0 Å². The molecule has 0 saturated carbocycles. The SMILES string of the molecule is CCCCCN(C)c1nnccc1C(N)=S. The minimum absolute atomic E-state index is 0.368. The standard InChI is InChI=1S/C11H18N4S/c1-3-4-5-8-15(2)11-9(10(12)16)6-7-13-14-11/h6-7H,3-5,8H2,1-2H3,(H2,12,16). The van der Waals surface area contributed by atoms with E-state index in [2.05, 4.69) is 22.0 Å². The molecule has 0 fully saturated rings. The molecular weight excluding hydrogens is 220 g/mol. The van der Waals surface area contributed by atoms with Crippen molar-refractivity contribution in [2.24, 2.45) is 5.73 Å². The predicted molar refractivity (Wildman–Crippen MR) is 70.7 cm³/mol. The van der Waals surface area contributed by atoms with Crippen molar-refractivity contribution >= 4 is 23.0 Å². The highest BCUT2D eigenvalue weighted by Crippen LogP contribution is 2.15. The van der Waals surface area contributed by atoms with Gasteiger partial charge >= 0.3 is 0 Å². The van der Waals surface area contributed by atoms with E-state index in [-0.39, 0.29) is 0 Å². The number of hydrogen-bond donors (Lipinski definition) is 1. The van der Waals surface area contributed by atoms with Crippen LogP contribution in [0.5, 0.6) is 0 Å². The zero-order valence-electron chi connectivity index (χ0n) is 9.81. The average molecular weight is 238 g/mol. The number of hydrogen-bond acceptors (Lipinski definition) is 4. The van der Waals surface area contributed by atoms with Gasteiger partial charge in [0.1, 0.15) is 4.99 Å². The molecule has 1 heterocycles. The van der Waals surface area contributed by atoms with E-state index in [4.69, 9.17) is 18.0 Å². The van der Waals surface area contributed by atoms with Gasteiger partial charge in [0.2, 0.25) is 0 Å². The molecule has 2 N–H and O–H groups in total. The molecule has 4 nitrogen and oxygen atoms in total. The van der Waals surface area contributed by atoms with Crippen molar-refractivity contribution in [3.05, 3.63) is 17.8 Å². The van der Waals surface area contributed by atoms with Gasteiger partial charge in [-0.25, -0.2) is 0 Å². The van der Waals surface area contributed by atoms with Crippen LogP contribution in [0.25, 0.3) is 0 Å². The first-order valence-corrected chi connectivity index (χ1v) is 5.90. The van der Waals surface area contributed by atoms with Crippen LogP contribution in [0.1, 0.15) is 31.7 Å². The second-order valence-corrected chi connectivity index (χ2v) is 4.20. The molecule has 0 atom stereocenters. The molecule has 0 aliphatic carbocycles. The van der Waals surface area contributed by atoms with E-state index in [1.165, 1.54) is 12.8 Å². The fourth-order valence-electron chi connectivity index (χ4n) is 1.50. The van der Waals surface area contributed by atoms with Crippen LogP contribution in [0.15, 0.2) is 12.3 Å². The number of nitrogens with two attached hydrogens (primary N) is 1. The molecule has 88 valence electrons. The summed E-state index contributed by atoms with van der Waals surface area (Å²) in [5, 5.41) is 7.96. The van der Waals surface area contributed by atoms with Crippen LogP contribution < -0.4 is 10.6 Å². The van der Waals surface area contributed by atoms with E-state index in [0.29, 0.717) is 4.99 Å². The Labute approximate surface area is 102 Å². The summed E-state index contributed by atoms with van der Waals surface area (Å²) in [4.78, 5) is 2.42. The summed E-state index contributed by atoms with van der Waals surface area (Å²) < 4.78 is 0. The Hall–Kier alpha value is -1.23. The van der Waals surface area contributed by atoms with E-state index < -0.39 is 0 Å². The summed E-state index contributed by atoms with van der Waals surface area (Å²) in [5.74, 6) is 0.770. The summed E-state index contributed by atoms with van der Waals surface area (Å²) in [6, 6.07) is 1.81. The van der Waals surface area contributed by atoms with Crippen LogP contribution in [0.4, 0.5) is 5.82 Å². The number of unbranched alkanes of at least 4 members (excludes halogenated alkanes) is 2. The maximum atomic E-state index is 5.64. The van der Waals surface area contributed by atoms with E-state index >= 15 is 0 Å². The summed E-state index contributed by atoms with van der Waals surface area (Å²) in [6.45, 7) is 3.13. The Bertz CT molecular complexity index is 354. The maximum absolute atomic E-state index is 5.64. The van der Waals surface area contributed by atoms with Crippen LogP contribution in [-0.2, 0) is 0 Å². The van der Waals surface area contributed by atoms with Crippen LogP contribution in [0.2, 0.25) is 0 Å². The first-order valence-electron chi connectivity index (χ1n) is 5.49. The molecule has 1 aromatic rings. The molecule has 5 heteroatoms. The molecule has 0 aromatic carbocycles. The highest BCUT2D eigenvalue weighted by molar-refractivity contribution is 7.80. The molecule has 0 radical (unpaired) electrons. The summed E-state index contributed by atoms with van der Waals surface area (Å²) >= 11 is 4.99. The number of aromatic nitrogens is 2. The molecule has 0 aliphatic rings. The Morgan fingerprint density at radius 3 is 2.88 bits per heavy atom. The molecule has 1 rings (SSSR count). The summed E-state index contributed by atoms with van der Waals surface area (Å²) in [5.41, 5.74) is 6.44. The van der Waals surface area contributed by atoms with Crippen LogP contribution >= 0.6 is 12.2 Å². The van der Waals surface area contributed by atoms with Crippen molar-refractivity contribution < 1.29 is 0 Å². The molecule has 0 unspecified atom stereocenters. The summed E-state index contributed by atoms with van der Waals surface area (Å²) in [7, 11) is 1.99. The Morgan fingerprint density at radius 1 is 1.50 bits per heavy atom. The van der Waals surface area contributed by atoms with Crippen LogP contribution in [0.3, 0.4) is 0 Å². The van der Waals surface area contributed by atoms with E-state index in [0.717, 1.165) is 24.3 Å². The molecule has 0 bridgehead atoms. The van der Waals surface area contributed by atoms with Gasteiger partial charge in [-0.2, -0.15) is 5.10 Å². The Morgan fingerprint density at radius 2 is 2.25 bits per heavy atom. The van der Waals surface area contributed by atoms with Gasteiger partial charge in [-0.05, 0) is 12.5 Å². The van der Waals surface area contributed by atoms with Gasteiger partial charge in [-0.3, -0.25) is 0 Å². The Kier molecular flexibility index (Phi) is 5.11. The summed E-state index contributed by atoms with van der Waals surface area (Å²) in [6.07, 6.45) is 5.17. The lowest BCUT2D eigenvalue weighted by Crippen LogP contribution is -2.24. The Balaban J connectivity index is 2.74. The molecular formula is C11H18N4S. The third-order valence-electron chi connectivity index (χ3n) is 2.43. The number of rotatable bonds is 6. The number of anilines is 1. The molecule has 0 amide bonds. The average Bonchev–Trinajstić information content (AvgIpc) is 2.29. The van der Waals surface area contributed by atoms with Crippen molar-refractivity contribution in [2.75, 3.05) is 18.5 Å². The lowest BCUT2D eigenvalue weighted by atomic mass is 10.2. The second-order valence-electron chi connectivity index (χ2n) is 3.76. The second kappa shape index (κ2) is 6.37. The lowest BCUT2D eigenvalue weighted by Gasteiger charge is -2.19. The lowest BCUT2D eigenvalue weighted by molar-refractivity contribution is 0.698. The van der Waals surface area contributed by atoms with Gasteiger partial charge in [0.25, 0.3) is 0 Å². The van der Waals surface area contributed by atoms with Crippen molar-refractivity contribution in [3.63, 3.8) is 0 Å². The molecule has 0 saturated heterocycles. The van der Waals surface area contributed by atoms with E-state index in [1.54, 1.807) is 12.3 Å². The minimum Gasteiger partial charge on any atom is -0.389 e. The first kappa shape index (κ1) is 12.8. The molecule has 1 aromatic heterocycles. The van der Waals surface area contributed by atoms with Gasteiger partial charge in [-0.1, -0.05) is 32.0 Å². The third kappa shape index (κ3) is 3.41. The topological polar surface area (TPSA) is 55.0 Å². The third-order valence-corrected chi connectivity index (χ3v) is 2.65. The molecule has 0 spiro atoms. The predicted octanol–water partition coefficient (Wildman–Crippen LogP) is 1.74. The molecule has 0 aliphatic heterocycles. The van der Waals surface area contributed by atoms with Gasteiger partial charge in [0, 0.05) is 13.6 Å². The smallest absolute Gasteiger partial charge is 0.161 e. The van der Waals surface area contributed by atoms with Crippen LogP contribution in [-0.4, -0.2) is 28.8 Å². The minimum atomic E-state index is 0.368. The van der Waals surface area contributed by atoms with E-state index in [9.17, 15) is 0 Å². The first-order chi connectivity index (χ1) is 7.66. The molecule has 16 heavy (non-hydrogen) atoms.